The summed E-state index contributed by atoms with van der Waals surface area (Å²) < 4.78 is 5.00. The molecular formula is C15H15ClO3. The number of rotatable bonds is 5. The molecule has 19 heavy (non-hydrogen) atoms. The quantitative estimate of drug-likeness (QED) is 0.358. The van der Waals surface area contributed by atoms with Crippen LogP contribution in [-0.2, 0) is 9.53 Å². The van der Waals surface area contributed by atoms with E-state index >= 15 is 0 Å². The van der Waals surface area contributed by atoms with E-state index in [0.29, 0.717) is 10.6 Å². The monoisotopic (exact) mass is 278 g/mol. The van der Waals surface area contributed by atoms with E-state index in [4.69, 9.17) is 16.3 Å². The Morgan fingerprint density at radius 1 is 1.32 bits per heavy atom. The van der Waals surface area contributed by atoms with E-state index in [9.17, 15) is 9.59 Å². The molecule has 0 saturated carbocycles. The maximum atomic E-state index is 12.0. The maximum absolute atomic E-state index is 12.0. The Morgan fingerprint density at radius 3 is 2.68 bits per heavy atom. The molecule has 0 aliphatic rings. The summed E-state index contributed by atoms with van der Waals surface area (Å²) in [5.74, 6) is -0.837. The van der Waals surface area contributed by atoms with Crippen LogP contribution in [-0.4, -0.2) is 17.9 Å². The number of Topliss-reactive ketones (excluding diaryl/α,β-unsaturated/α-hetero) is 1. The van der Waals surface area contributed by atoms with Crippen molar-refractivity contribution in [1.82, 2.24) is 0 Å². The van der Waals surface area contributed by atoms with Gasteiger partial charge in [-0.3, -0.25) is 4.79 Å². The first kappa shape index (κ1) is 15.2. The second-order valence-electron chi connectivity index (χ2n) is 3.84. The molecule has 0 radical (unpaired) electrons. The second kappa shape index (κ2) is 7.54. The number of hydrogen-bond donors (Lipinski definition) is 0. The molecule has 1 unspecified atom stereocenters. The molecule has 0 saturated heterocycles. The Labute approximate surface area is 117 Å². The number of halogens is 1. The summed E-state index contributed by atoms with van der Waals surface area (Å²) in [6, 6.07) is 6.53. The predicted octanol–water partition coefficient (Wildman–Crippen LogP) is 3.59. The summed E-state index contributed by atoms with van der Waals surface area (Å²) in [4.78, 5) is 23.4. The van der Waals surface area contributed by atoms with Crippen LogP contribution < -0.4 is 0 Å². The van der Waals surface area contributed by atoms with Crippen LogP contribution in [0.1, 0.15) is 24.2 Å². The normalized spacial score (nSPS) is 12.8. The fourth-order valence-corrected chi connectivity index (χ4v) is 1.58. The van der Waals surface area contributed by atoms with Gasteiger partial charge in [0.05, 0.1) is 0 Å². The van der Waals surface area contributed by atoms with Gasteiger partial charge in [-0.15, -0.1) is 0 Å². The zero-order chi connectivity index (χ0) is 14.3. The lowest BCUT2D eigenvalue weighted by molar-refractivity contribution is -0.140. The molecule has 100 valence electrons. The number of ether oxygens (including phenoxy) is 1. The summed E-state index contributed by atoms with van der Waals surface area (Å²) in [6.07, 6.45) is 5.46. The lowest BCUT2D eigenvalue weighted by atomic mass is 10.1. The fraction of sp³-hybridized carbons (Fsp3) is 0.200. The summed E-state index contributed by atoms with van der Waals surface area (Å²) >= 11 is 5.81. The Morgan fingerprint density at radius 2 is 2.05 bits per heavy atom. The van der Waals surface area contributed by atoms with Crippen LogP contribution in [0.4, 0.5) is 0 Å². The number of carbonyl (C=O) groups excluding carboxylic acids is 2. The van der Waals surface area contributed by atoms with E-state index in [1.54, 1.807) is 42.5 Å². The van der Waals surface area contributed by atoms with Crippen LogP contribution in [0.15, 0.2) is 48.6 Å². The van der Waals surface area contributed by atoms with Crippen molar-refractivity contribution >= 4 is 23.4 Å². The predicted molar refractivity (Wildman–Crippen MR) is 75.3 cm³/mol. The van der Waals surface area contributed by atoms with Crippen LogP contribution in [0.2, 0.25) is 5.02 Å². The highest BCUT2D eigenvalue weighted by Crippen LogP contribution is 2.13. The zero-order valence-electron chi connectivity index (χ0n) is 10.8. The smallest absolute Gasteiger partial charge is 0.331 e. The van der Waals surface area contributed by atoms with E-state index in [2.05, 4.69) is 0 Å². The Kier molecular flexibility index (Phi) is 6.03. The Balaban J connectivity index is 2.65. The Bertz CT molecular complexity index is 518. The summed E-state index contributed by atoms with van der Waals surface area (Å²) in [5.41, 5.74) is 0.422. The van der Waals surface area contributed by atoms with Crippen molar-refractivity contribution in [2.45, 2.75) is 20.0 Å². The van der Waals surface area contributed by atoms with Gasteiger partial charge in [0, 0.05) is 16.7 Å². The standard InChI is InChI=1S/C15H15ClO3/c1-3-4-5-9-14(17)19-11(2)15(18)12-7-6-8-13(16)10-12/h3-11H,1-2H3. The van der Waals surface area contributed by atoms with Crippen molar-refractivity contribution in [3.63, 3.8) is 0 Å². The third-order valence-electron chi connectivity index (χ3n) is 2.31. The van der Waals surface area contributed by atoms with Crippen molar-refractivity contribution in [3.05, 3.63) is 59.2 Å². The van der Waals surface area contributed by atoms with Crippen molar-refractivity contribution in [2.24, 2.45) is 0 Å². The summed E-state index contributed by atoms with van der Waals surface area (Å²) in [5, 5.41) is 0.470. The zero-order valence-corrected chi connectivity index (χ0v) is 11.6. The van der Waals surface area contributed by atoms with Crippen molar-refractivity contribution in [3.8, 4) is 0 Å². The molecule has 0 aliphatic carbocycles. The summed E-state index contributed by atoms with van der Waals surface area (Å²) in [6.45, 7) is 3.37. The molecule has 0 aliphatic heterocycles. The maximum Gasteiger partial charge on any atom is 0.331 e. The molecule has 0 spiro atoms. The molecule has 1 aromatic carbocycles. The van der Waals surface area contributed by atoms with Crippen molar-refractivity contribution < 1.29 is 14.3 Å². The van der Waals surface area contributed by atoms with Crippen LogP contribution in [0.25, 0.3) is 0 Å². The van der Waals surface area contributed by atoms with Gasteiger partial charge in [-0.2, -0.15) is 0 Å². The van der Waals surface area contributed by atoms with Gasteiger partial charge in [0.1, 0.15) is 0 Å². The van der Waals surface area contributed by atoms with Gasteiger partial charge in [-0.25, -0.2) is 4.79 Å². The highest BCUT2D eigenvalue weighted by molar-refractivity contribution is 6.31. The average Bonchev–Trinajstić information content (AvgIpc) is 2.38. The Hall–Kier alpha value is -1.87. The highest BCUT2D eigenvalue weighted by Gasteiger charge is 2.18. The van der Waals surface area contributed by atoms with Gasteiger partial charge >= 0.3 is 5.97 Å². The minimum atomic E-state index is -0.846. The van der Waals surface area contributed by atoms with E-state index in [1.165, 1.54) is 13.0 Å². The number of hydrogen-bond acceptors (Lipinski definition) is 3. The third-order valence-corrected chi connectivity index (χ3v) is 2.54. The lowest BCUT2D eigenvalue weighted by Gasteiger charge is -2.10. The van der Waals surface area contributed by atoms with E-state index in [0.717, 1.165) is 0 Å². The van der Waals surface area contributed by atoms with E-state index in [1.807, 2.05) is 6.92 Å². The number of esters is 1. The largest absolute Gasteiger partial charge is 0.451 e. The number of ketones is 1. The lowest BCUT2D eigenvalue weighted by Crippen LogP contribution is -2.23. The first-order chi connectivity index (χ1) is 9.04. The number of carbonyl (C=O) groups is 2. The molecule has 0 amide bonds. The third kappa shape index (κ3) is 5.10. The van der Waals surface area contributed by atoms with Crippen molar-refractivity contribution in [1.29, 1.82) is 0 Å². The van der Waals surface area contributed by atoms with Crippen LogP contribution in [0.5, 0.6) is 0 Å². The topological polar surface area (TPSA) is 43.4 Å². The number of benzene rings is 1. The minimum absolute atomic E-state index is 0.282. The first-order valence-electron chi connectivity index (χ1n) is 5.84. The molecule has 0 fully saturated rings. The van der Waals surface area contributed by atoms with E-state index in [-0.39, 0.29) is 5.78 Å². The van der Waals surface area contributed by atoms with Gasteiger partial charge in [0.2, 0.25) is 5.78 Å². The average molecular weight is 279 g/mol. The second-order valence-corrected chi connectivity index (χ2v) is 4.28. The highest BCUT2D eigenvalue weighted by atomic mass is 35.5. The SMILES string of the molecule is CC=CC=CC(=O)OC(C)C(=O)c1cccc(Cl)c1. The molecule has 3 nitrogen and oxygen atoms in total. The van der Waals surface area contributed by atoms with Crippen molar-refractivity contribution in [2.75, 3.05) is 0 Å². The molecule has 0 aromatic heterocycles. The molecule has 1 atom stereocenters. The summed E-state index contributed by atoms with van der Waals surface area (Å²) in [7, 11) is 0. The van der Waals surface area contributed by atoms with Crippen LogP contribution in [0, 0.1) is 0 Å². The molecule has 4 heteroatoms. The van der Waals surface area contributed by atoms with E-state index < -0.39 is 12.1 Å². The number of allylic oxidation sites excluding steroid dienone is 3. The molecular weight excluding hydrogens is 264 g/mol. The van der Waals surface area contributed by atoms with Gasteiger partial charge in [-0.1, -0.05) is 42.0 Å². The molecule has 0 N–H and O–H groups in total. The molecule has 1 aromatic rings. The minimum Gasteiger partial charge on any atom is -0.451 e. The first-order valence-corrected chi connectivity index (χ1v) is 6.22. The van der Waals surface area contributed by atoms with Gasteiger partial charge in [0.15, 0.2) is 6.10 Å². The van der Waals surface area contributed by atoms with Crippen LogP contribution in [0.3, 0.4) is 0 Å². The fourth-order valence-electron chi connectivity index (χ4n) is 1.39. The van der Waals surface area contributed by atoms with Crippen LogP contribution >= 0.6 is 11.6 Å². The van der Waals surface area contributed by atoms with Gasteiger partial charge < -0.3 is 4.74 Å². The molecule has 1 rings (SSSR count). The molecule has 0 bridgehead atoms. The van der Waals surface area contributed by atoms with Gasteiger partial charge in [-0.05, 0) is 26.0 Å². The molecule has 0 heterocycles. The van der Waals surface area contributed by atoms with Gasteiger partial charge in [0.25, 0.3) is 0 Å².